The minimum atomic E-state index is -3.83. The van der Waals surface area contributed by atoms with E-state index in [4.69, 9.17) is 5.26 Å². The van der Waals surface area contributed by atoms with Crippen molar-refractivity contribution >= 4 is 26.5 Å². The van der Waals surface area contributed by atoms with Gasteiger partial charge in [-0.1, -0.05) is 6.07 Å². The van der Waals surface area contributed by atoms with Gasteiger partial charge in [-0.05, 0) is 42.5 Å². The highest BCUT2D eigenvalue weighted by Gasteiger charge is 2.17. The number of nitrogens with zero attached hydrogens (tertiary/aromatic N) is 2. The lowest BCUT2D eigenvalue weighted by Gasteiger charge is -2.05. The summed E-state index contributed by atoms with van der Waals surface area (Å²) < 4.78 is 40.0. The van der Waals surface area contributed by atoms with Crippen molar-refractivity contribution in [2.24, 2.45) is 0 Å². The SMILES string of the molecule is N#Cc1cccc(S(=O)(=O)Nc2nc(-c3ccc(F)cc3)cs2)c1. The highest BCUT2D eigenvalue weighted by molar-refractivity contribution is 7.93. The first-order valence-electron chi connectivity index (χ1n) is 6.72. The van der Waals surface area contributed by atoms with Crippen molar-refractivity contribution in [1.29, 1.82) is 5.26 Å². The number of sulfonamides is 1. The second-order valence-corrected chi connectivity index (χ2v) is 7.33. The molecule has 0 spiro atoms. The largest absolute Gasteiger partial charge is 0.263 e. The molecule has 0 unspecified atom stereocenters. The van der Waals surface area contributed by atoms with Gasteiger partial charge in [0.05, 0.1) is 22.2 Å². The monoisotopic (exact) mass is 359 g/mol. The molecule has 0 saturated heterocycles. The first-order valence-corrected chi connectivity index (χ1v) is 9.09. The summed E-state index contributed by atoms with van der Waals surface area (Å²) in [5.74, 6) is -0.354. The number of hydrogen-bond acceptors (Lipinski definition) is 5. The van der Waals surface area contributed by atoms with Crippen LogP contribution < -0.4 is 4.72 Å². The molecule has 0 aliphatic rings. The van der Waals surface area contributed by atoms with Crippen LogP contribution in [0.2, 0.25) is 0 Å². The molecule has 120 valence electrons. The van der Waals surface area contributed by atoms with Crippen molar-refractivity contribution in [3.63, 3.8) is 0 Å². The van der Waals surface area contributed by atoms with Gasteiger partial charge in [0.15, 0.2) is 5.13 Å². The predicted octanol–water partition coefficient (Wildman–Crippen LogP) is 3.62. The fourth-order valence-corrected chi connectivity index (χ4v) is 4.00. The summed E-state index contributed by atoms with van der Waals surface area (Å²) in [5.41, 5.74) is 1.48. The first kappa shape index (κ1) is 16.1. The molecule has 1 heterocycles. The molecule has 24 heavy (non-hydrogen) atoms. The summed E-state index contributed by atoms with van der Waals surface area (Å²) in [6.45, 7) is 0. The maximum absolute atomic E-state index is 12.9. The molecule has 3 aromatic rings. The van der Waals surface area contributed by atoms with Gasteiger partial charge in [0.25, 0.3) is 10.0 Å². The Morgan fingerprint density at radius 3 is 2.62 bits per heavy atom. The highest BCUT2D eigenvalue weighted by atomic mass is 32.2. The van der Waals surface area contributed by atoms with E-state index >= 15 is 0 Å². The Morgan fingerprint density at radius 1 is 1.17 bits per heavy atom. The van der Waals surface area contributed by atoms with E-state index in [1.165, 1.54) is 36.4 Å². The smallest absolute Gasteiger partial charge is 0.255 e. The number of halogens is 1. The minimum Gasteiger partial charge on any atom is -0.255 e. The van der Waals surface area contributed by atoms with Gasteiger partial charge < -0.3 is 0 Å². The molecule has 0 atom stereocenters. The highest BCUT2D eigenvalue weighted by Crippen LogP contribution is 2.26. The fourth-order valence-electron chi connectivity index (χ4n) is 1.98. The molecule has 0 fully saturated rings. The van der Waals surface area contributed by atoms with Crippen LogP contribution in [0.3, 0.4) is 0 Å². The maximum atomic E-state index is 12.9. The van der Waals surface area contributed by atoms with Crippen molar-refractivity contribution in [2.75, 3.05) is 4.72 Å². The van der Waals surface area contributed by atoms with Crippen molar-refractivity contribution in [1.82, 2.24) is 4.98 Å². The third-order valence-corrected chi connectivity index (χ3v) is 5.36. The predicted molar refractivity (Wildman–Crippen MR) is 89.5 cm³/mol. The zero-order valence-electron chi connectivity index (χ0n) is 12.1. The second-order valence-electron chi connectivity index (χ2n) is 4.79. The lowest BCUT2D eigenvalue weighted by molar-refractivity contribution is 0.601. The van der Waals surface area contributed by atoms with Crippen molar-refractivity contribution in [3.8, 4) is 17.3 Å². The minimum absolute atomic E-state index is 0.0138. The van der Waals surface area contributed by atoms with Gasteiger partial charge in [0.1, 0.15) is 5.82 Å². The molecule has 0 bridgehead atoms. The van der Waals surface area contributed by atoms with Crippen molar-refractivity contribution in [2.45, 2.75) is 4.90 Å². The van der Waals surface area contributed by atoms with Crippen LogP contribution in [0.25, 0.3) is 11.3 Å². The summed E-state index contributed by atoms with van der Waals surface area (Å²) in [6, 6.07) is 13.4. The zero-order chi connectivity index (χ0) is 17.2. The number of nitriles is 1. The average molecular weight is 359 g/mol. The number of benzene rings is 2. The van der Waals surface area contributed by atoms with E-state index in [-0.39, 0.29) is 21.4 Å². The topological polar surface area (TPSA) is 82.8 Å². The number of aromatic nitrogens is 1. The Balaban J connectivity index is 1.86. The normalized spacial score (nSPS) is 11.0. The Bertz CT molecular complexity index is 1020. The molecule has 2 aromatic carbocycles. The van der Waals surface area contributed by atoms with Gasteiger partial charge in [-0.15, -0.1) is 11.3 Å². The number of rotatable bonds is 4. The summed E-state index contributed by atoms with van der Waals surface area (Å²) in [6.07, 6.45) is 0. The number of hydrogen-bond donors (Lipinski definition) is 1. The lowest BCUT2D eigenvalue weighted by Crippen LogP contribution is -2.12. The molecule has 5 nitrogen and oxygen atoms in total. The molecule has 8 heteroatoms. The van der Waals surface area contributed by atoms with Gasteiger partial charge >= 0.3 is 0 Å². The summed E-state index contributed by atoms with van der Waals surface area (Å²) in [4.78, 5) is 4.19. The van der Waals surface area contributed by atoms with Crippen LogP contribution in [0.1, 0.15) is 5.56 Å². The van der Waals surface area contributed by atoms with E-state index in [1.54, 1.807) is 17.5 Å². The van der Waals surface area contributed by atoms with Gasteiger partial charge in [-0.3, -0.25) is 4.72 Å². The Labute approximate surface area is 142 Å². The molecule has 0 amide bonds. The van der Waals surface area contributed by atoms with Gasteiger partial charge in [-0.2, -0.15) is 5.26 Å². The van der Waals surface area contributed by atoms with Crippen molar-refractivity contribution < 1.29 is 12.8 Å². The van der Waals surface area contributed by atoms with Crippen LogP contribution in [-0.2, 0) is 10.0 Å². The molecule has 0 saturated carbocycles. The third-order valence-electron chi connectivity index (χ3n) is 3.14. The average Bonchev–Trinajstić information content (AvgIpc) is 3.03. The Hall–Kier alpha value is -2.76. The summed E-state index contributed by atoms with van der Waals surface area (Å²) in [5, 5.41) is 10.7. The van der Waals surface area contributed by atoms with Gasteiger partial charge in [0.2, 0.25) is 0 Å². The van der Waals surface area contributed by atoms with E-state index in [0.29, 0.717) is 11.3 Å². The molecule has 3 rings (SSSR count). The molecule has 0 aliphatic heterocycles. The molecule has 0 radical (unpaired) electrons. The van der Waals surface area contributed by atoms with Crippen molar-refractivity contribution in [3.05, 3.63) is 65.3 Å². The van der Waals surface area contributed by atoms with Crippen LogP contribution in [0.4, 0.5) is 9.52 Å². The Kier molecular flexibility index (Phi) is 4.29. The first-order chi connectivity index (χ1) is 11.5. The quantitative estimate of drug-likeness (QED) is 0.771. The van der Waals surface area contributed by atoms with E-state index in [2.05, 4.69) is 9.71 Å². The van der Waals surface area contributed by atoms with Gasteiger partial charge in [-0.25, -0.2) is 17.8 Å². The van der Waals surface area contributed by atoms with E-state index < -0.39 is 10.0 Å². The van der Waals surface area contributed by atoms with Crippen LogP contribution >= 0.6 is 11.3 Å². The van der Waals surface area contributed by atoms with Crippen LogP contribution in [0.5, 0.6) is 0 Å². The van der Waals surface area contributed by atoms with E-state index in [9.17, 15) is 12.8 Å². The van der Waals surface area contributed by atoms with E-state index in [1.807, 2.05) is 6.07 Å². The van der Waals surface area contributed by atoms with Crippen LogP contribution in [0.15, 0.2) is 58.8 Å². The summed E-state index contributed by atoms with van der Waals surface area (Å²) in [7, 11) is -3.83. The number of anilines is 1. The second kappa shape index (κ2) is 6.39. The molecule has 0 aliphatic carbocycles. The number of nitrogens with one attached hydrogen (secondary N) is 1. The number of thiazole rings is 1. The fraction of sp³-hybridized carbons (Fsp3) is 0. The molecule has 1 aromatic heterocycles. The summed E-state index contributed by atoms with van der Waals surface area (Å²) >= 11 is 1.12. The standard InChI is InChI=1S/C16H10FN3O2S2/c17-13-6-4-12(5-7-13)15-10-23-16(19-15)20-24(21,22)14-3-1-2-11(8-14)9-18/h1-8,10H,(H,19,20). The van der Waals surface area contributed by atoms with Crippen LogP contribution in [0, 0.1) is 17.1 Å². The Morgan fingerprint density at radius 2 is 1.92 bits per heavy atom. The van der Waals surface area contributed by atoms with Gasteiger partial charge in [0, 0.05) is 10.9 Å². The third kappa shape index (κ3) is 3.42. The van der Waals surface area contributed by atoms with E-state index in [0.717, 1.165) is 11.3 Å². The zero-order valence-corrected chi connectivity index (χ0v) is 13.7. The molecule has 1 N–H and O–H groups in total. The molecular formula is C16H10FN3O2S2. The lowest BCUT2D eigenvalue weighted by atomic mass is 10.2. The maximum Gasteiger partial charge on any atom is 0.263 e. The molecular weight excluding hydrogens is 349 g/mol. The van der Waals surface area contributed by atoms with Crippen LogP contribution in [-0.4, -0.2) is 13.4 Å².